The first-order valence-corrected chi connectivity index (χ1v) is 16.6. The topological polar surface area (TPSA) is 283 Å². The summed E-state index contributed by atoms with van der Waals surface area (Å²) in [6.45, 7) is 18.6. The Morgan fingerprint density at radius 2 is 0.796 bits per heavy atom. The molecule has 9 amide bonds. The first-order chi connectivity index (χ1) is 24.8. The van der Waals surface area contributed by atoms with E-state index in [1.807, 2.05) is 20.8 Å². The molecule has 21 heteroatoms. The van der Waals surface area contributed by atoms with Gasteiger partial charge in [0.2, 0.25) is 54.2 Å². The van der Waals surface area contributed by atoms with Crippen LogP contribution >= 0.6 is 0 Å². The number of carbonyl (C=O) groups is 10. The first-order valence-electron chi connectivity index (χ1n) is 16.6. The van der Waals surface area contributed by atoms with E-state index in [0.717, 1.165) is 0 Å². The van der Waals surface area contributed by atoms with Crippen LogP contribution in [0.15, 0.2) is 0 Å². The molecule has 0 bridgehead atoms. The van der Waals surface area contributed by atoms with Gasteiger partial charge >= 0.3 is 0 Å². The lowest BCUT2D eigenvalue weighted by molar-refractivity contribution is -0.125. The van der Waals surface area contributed by atoms with Crippen molar-refractivity contribution in [3.8, 4) is 0 Å². The van der Waals surface area contributed by atoms with E-state index in [-0.39, 0.29) is 94.0 Å². The summed E-state index contributed by atoms with van der Waals surface area (Å²) in [6, 6.07) is 0. The molecule has 54 heavy (non-hydrogen) atoms. The van der Waals surface area contributed by atoms with Crippen LogP contribution in [0.5, 0.6) is 0 Å². The van der Waals surface area contributed by atoms with E-state index in [9.17, 15) is 47.9 Å². The average Bonchev–Trinajstić information content (AvgIpc) is 3.09. The van der Waals surface area contributed by atoms with Crippen molar-refractivity contribution < 1.29 is 52.7 Å². The van der Waals surface area contributed by atoms with Crippen molar-refractivity contribution in [2.75, 3.05) is 66.5 Å². The van der Waals surface area contributed by atoms with Gasteiger partial charge in [0, 0.05) is 81.8 Å². The largest absolute Gasteiger partial charge is 0.378 e. The monoisotopic (exact) mass is 781 g/mol. The maximum Gasteiger partial charge on any atom is 0.218 e. The third-order valence-corrected chi connectivity index (χ3v) is 5.32. The predicted molar refractivity (Wildman–Crippen MR) is 204 cm³/mol. The van der Waals surface area contributed by atoms with Crippen LogP contribution in [0, 0.1) is 5.92 Å². The number of ether oxygens (including phenoxy) is 1. The zero-order valence-corrected chi connectivity index (χ0v) is 33.1. The molecule has 0 fully saturated rings. The number of methoxy groups -OCH3 is 1. The van der Waals surface area contributed by atoms with Gasteiger partial charge in [0.1, 0.15) is 6.29 Å². The normalized spacial score (nSPS) is 8.91. The van der Waals surface area contributed by atoms with Gasteiger partial charge in [-0.15, -0.1) is 0 Å². The minimum Gasteiger partial charge on any atom is -0.378 e. The number of nitrogens with zero attached hydrogens (tertiary/aromatic N) is 2. The van der Waals surface area contributed by atoms with Gasteiger partial charge in [-0.05, 0) is 5.92 Å². The number of hydrogen-bond acceptors (Lipinski definition) is 12. The van der Waals surface area contributed by atoms with Gasteiger partial charge in [-0.25, -0.2) is 0 Å². The van der Waals surface area contributed by atoms with Gasteiger partial charge in [0.05, 0.1) is 39.3 Å². The maximum absolute atomic E-state index is 10.5. The van der Waals surface area contributed by atoms with Crippen LogP contribution in [-0.2, 0) is 52.7 Å². The molecule has 0 aliphatic heterocycles. The smallest absolute Gasteiger partial charge is 0.218 e. The molecule has 0 aromatic heterocycles. The molecule has 0 radical (unpaired) electrons. The van der Waals surface area contributed by atoms with Crippen LogP contribution < -0.4 is 42.5 Å². The lowest BCUT2D eigenvalue weighted by atomic mass is 10.2. The van der Waals surface area contributed by atoms with Gasteiger partial charge in [0.15, 0.2) is 0 Å². The fourth-order valence-electron chi connectivity index (χ4n) is 2.63. The summed E-state index contributed by atoms with van der Waals surface area (Å²) in [5.41, 5.74) is 0. The summed E-state index contributed by atoms with van der Waals surface area (Å²) in [5, 5.41) is 20.6. The van der Waals surface area contributed by atoms with E-state index in [1.54, 1.807) is 0 Å². The molecule has 21 nitrogen and oxygen atoms in total. The molecule has 0 aromatic carbocycles. The lowest BCUT2D eigenvalue weighted by Gasteiger charge is -2.17. The van der Waals surface area contributed by atoms with Gasteiger partial charge in [-0.2, -0.15) is 0 Å². The molecular weight excluding hydrogens is 712 g/mol. The Morgan fingerprint density at radius 1 is 0.519 bits per heavy atom. The molecule has 0 saturated heterocycles. The van der Waals surface area contributed by atoms with Gasteiger partial charge in [-0.1, -0.05) is 28.2 Å². The summed E-state index contributed by atoms with van der Waals surface area (Å²) in [4.78, 5) is 107. The van der Waals surface area contributed by atoms with Gasteiger partial charge in [-0.3, -0.25) is 48.5 Å². The third kappa shape index (κ3) is 59.0. The van der Waals surface area contributed by atoms with Crippen LogP contribution in [0.2, 0.25) is 0 Å². The molecule has 0 heterocycles. The fraction of sp³-hybridized carbons (Fsp3) is 0.697. The highest BCUT2D eigenvalue weighted by molar-refractivity contribution is 5.75. The van der Waals surface area contributed by atoms with Gasteiger partial charge in [0.25, 0.3) is 0 Å². The molecule has 0 saturated carbocycles. The molecule has 0 aliphatic carbocycles. The molecule has 8 N–H and O–H groups in total. The van der Waals surface area contributed by atoms with Crippen molar-refractivity contribution in [3.05, 3.63) is 0 Å². The highest BCUT2D eigenvalue weighted by Gasteiger charge is 2.08. The second kappa shape index (κ2) is 44.0. The van der Waals surface area contributed by atoms with Crippen LogP contribution in [0.25, 0.3) is 0 Å². The minimum atomic E-state index is -0.227. The number of nitrogens with one attached hydrogen (secondary N) is 8. The molecular formula is C33H68N10O11. The summed E-state index contributed by atoms with van der Waals surface area (Å²) in [5.74, 6) is -0.673. The second-order valence-electron chi connectivity index (χ2n) is 10.6. The Hall–Kier alpha value is -5.18. The van der Waals surface area contributed by atoms with E-state index >= 15 is 0 Å². The van der Waals surface area contributed by atoms with Crippen molar-refractivity contribution in [2.45, 2.75) is 82.8 Å². The van der Waals surface area contributed by atoms with Crippen LogP contribution in [0.4, 0.5) is 0 Å². The maximum atomic E-state index is 10.5. The first kappa shape index (κ1) is 60.9. The quantitative estimate of drug-likeness (QED) is 0.0349. The zero-order chi connectivity index (χ0) is 42.2. The van der Waals surface area contributed by atoms with Crippen LogP contribution in [0.1, 0.15) is 76.7 Å². The standard InChI is InChI=1S/C8H16N2O3.C8H16N2O2.2C7H13N3O3.C2H6.CH4/c1-6(11)9-4-8(13-3)5-10-7(2)12;1-6(4-9-7(2)11)5-10-8(3)12;1-6(12)8-3-10(5-11)4-9-7(2)13;1-7(13)9-5-10(6-12)4-8-2-3-11;1-2;/h8H,4-5H2,1-3H3,(H,9,11)(H,10,12);6H,4-5H2,1-3H3,(H,9,11)(H,10,12);5H,3-4H2,1-2H3,(H,8,12)(H,9,13);3,6,8H,2,4-5H2,1H3,(H,9,13);1-2H3;1H4. The summed E-state index contributed by atoms with van der Waals surface area (Å²) >= 11 is 0. The molecule has 0 aliphatic rings. The Bertz CT molecular complexity index is 1010. The van der Waals surface area contributed by atoms with Crippen LogP contribution in [-0.4, -0.2) is 143 Å². The van der Waals surface area contributed by atoms with E-state index in [1.165, 1.54) is 65.4 Å². The average molecular weight is 781 g/mol. The van der Waals surface area contributed by atoms with Gasteiger partial charge < -0.3 is 56.5 Å². The third-order valence-electron chi connectivity index (χ3n) is 5.32. The summed E-state index contributed by atoms with van der Waals surface area (Å²) < 4.78 is 5.02. The number of aldehydes is 1. The van der Waals surface area contributed by atoms with Crippen molar-refractivity contribution >= 4 is 60.5 Å². The summed E-state index contributed by atoms with van der Waals surface area (Å²) in [6.07, 6.45) is 1.66. The minimum absolute atomic E-state index is 0. The molecule has 0 unspecified atom stereocenters. The molecule has 0 aromatic rings. The van der Waals surface area contributed by atoms with Crippen molar-refractivity contribution in [1.82, 2.24) is 52.3 Å². The Labute approximate surface area is 320 Å². The highest BCUT2D eigenvalue weighted by atomic mass is 16.5. The number of rotatable bonds is 21. The number of hydrogen-bond donors (Lipinski definition) is 8. The Morgan fingerprint density at radius 3 is 1.04 bits per heavy atom. The van der Waals surface area contributed by atoms with E-state index in [2.05, 4.69) is 42.5 Å². The predicted octanol–water partition coefficient (Wildman–Crippen LogP) is -2.25. The zero-order valence-electron chi connectivity index (χ0n) is 33.1. The number of amides is 9. The molecule has 0 atom stereocenters. The van der Waals surface area contributed by atoms with E-state index < -0.39 is 0 Å². The Kier molecular flexibility index (Phi) is 49.6. The number of carbonyl (C=O) groups excluding carboxylic acids is 10. The van der Waals surface area contributed by atoms with Crippen molar-refractivity contribution in [2.24, 2.45) is 5.92 Å². The van der Waals surface area contributed by atoms with Crippen molar-refractivity contribution in [1.29, 1.82) is 0 Å². The highest BCUT2D eigenvalue weighted by Crippen LogP contribution is 1.89. The fourth-order valence-corrected chi connectivity index (χ4v) is 2.63. The van der Waals surface area contributed by atoms with Crippen molar-refractivity contribution in [3.63, 3.8) is 0 Å². The van der Waals surface area contributed by atoms with Crippen LogP contribution in [0.3, 0.4) is 0 Å². The molecule has 316 valence electrons. The lowest BCUT2D eigenvalue weighted by Crippen LogP contribution is -2.42. The van der Waals surface area contributed by atoms with E-state index in [4.69, 9.17) is 4.74 Å². The second-order valence-corrected chi connectivity index (χ2v) is 10.6. The Balaban J connectivity index is -0.000000139. The van der Waals surface area contributed by atoms with E-state index in [0.29, 0.717) is 45.3 Å². The molecule has 0 rings (SSSR count). The molecule has 0 spiro atoms. The SMILES string of the molecule is C.CC.CC(=O)NCC(C)CNC(C)=O.CC(=O)NCN(C=O)CNC(C)=O.CC(=O)NCN(C=O)CNCC=O.COC(CNC(C)=O)CNC(C)=O. The summed E-state index contributed by atoms with van der Waals surface area (Å²) in [7, 11) is 1.54.